The SMILES string of the molecule is CC=C(C)OCCCS(=O)(=O)[O-].[K+]. The Morgan fingerprint density at radius 1 is 1.54 bits per heavy atom. The van der Waals surface area contributed by atoms with Crippen LogP contribution in [-0.2, 0) is 14.9 Å². The van der Waals surface area contributed by atoms with Gasteiger partial charge in [-0.3, -0.25) is 0 Å². The third-order valence-electron chi connectivity index (χ3n) is 1.27. The van der Waals surface area contributed by atoms with Crippen molar-refractivity contribution < 1.29 is 69.1 Å². The molecule has 0 heterocycles. The van der Waals surface area contributed by atoms with Crippen LogP contribution in [0.5, 0.6) is 0 Å². The zero-order valence-corrected chi connectivity index (χ0v) is 12.2. The number of rotatable bonds is 5. The van der Waals surface area contributed by atoms with Gasteiger partial charge >= 0.3 is 51.4 Å². The van der Waals surface area contributed by atoms with Crippen molar-refractivity contribution in [1.29, 1.82) is 0 Å². The smallest absolute Gasteiger partial charge is 0.748 e. The zero-order chi connectivity index (χ0) is 9.61. The van der Waals surface area contributed by atoms with Gasteiger partial charge in [0.25, 0.3) is 0 Å². The predicted octanol–water partition coefficient (Wildman–Crippen LogP) is -2.13. The van der Waals surface area contributed by atoms with E-state index in [1.807, 2.05) is 6.92 Å². The normalized spacial score (nSPS) is 12.1. The first-order valence-corrected chi connectivity index (χ1v) is 5.22. The summed E-state index contributed by atoms with van der Waals surface area (Å²) in [6.45, 7) is 3.86. The van der Waals surface area contributed by atoms with Crippen molar-refractivity contribution in [1.82, 2.24) is 0 Å². The summed E-state index contributed by atoms with van der Waals surface area (Å²) >= 11 is 0. The van der Waals surface area contributed by atoms with E-state index in [1.54, 1.807) is 13.0 Å². The van der Waals surface area contributed by atoms with E-state index in [-0.39, 0.29) is 70.2 Å². The average molecular weight is 232 g/mol. The summed E-state index contributed by atoms with van der Waals surface area (Å²) in [5.74, 6) is 0.377. The third-order valence-corrected chi connectivity index (χ3v) is 2.06. The molecular weight excluding hydrogens is 219 g/mol. The standard InChI is InChI=1S/C7H14O4S.K/c1-3-7(2)11-5-4-6-12(8,9)10;/h3H,4-6H2,1-2H3,(H,8,9,10);/q;+1/p-1. The molecule has 0 N–H and O–H groups in total. The van der Waals surface area contributed by atoms with Crippen molar-refractivity contribution in [3.63, 3.8) is 0 Å². The molecule has 0 atom stereocenters. The number of hydrogen-bond acceptors (Lipinski definition) is 4. The van der Waals surface area contributed by atoms with Crippen LogP contribution in [-0.4, -0.2) is 25.3 Å². The molecule has 0 radical (unpaired) electrons. The maximum Gasteiger partial charge on any atom is 1.00 e. The summed E-state index contributed by atoms with van der Waals surface area (Å²) in [7, 11) is -4.08. The molecule has 0 saturated heterocycles. The van der Waals surface area contributed by atoms with Crippen LogP contribution in [0.4, 0.5) is 0 Å². The molecule has 0 spiro atoms. The maximum absolute atomic E-state index is 10.1. The monoisotopic (exact) mass is 232 g/mol. The first-order valence-electron chi connectivity index (χ1n) is 3.65. The van der Waals surface area contributed by atoms with E-state index >= 15 is 0 Å². The molecule has 0 bridgehead atoms. The van der Waals surface area contributed by atoms with Gasteiger partial charge in [0, 0.05) is 5.75 Å². The Bertz CT molecular complexity index is 245. The Labute approximate surface area is 122 Å². The Hall–Kier alpha value is 1.09. The van der Waals surface area contributed by atoms with Gasteiger partial charge in [-0.25, -0.2) is 8.42 Å². The van der Waals surface area contributed by atoms with Crippen LogP contribution in [0.2, 0.25) is 0 Å². The van der Waals surface area contributed by atoms with E-state index in [9.17, 15) is 13.0 Å². The zero-order valence-electron chi connectivity index (χ0n) is 8.24. The summed E-state index contributed by atoms with van der Waals surface area (Å²) in [6, 6.07) is 0. The topological polar surface area (TPSA) is 66.4 Å². The quantitative estimate of drug-likeness (QED) is 0.235. The van der Waals surface area contributed by atoms with E-state index in [0.717, 1.165) is 5.76 Å². The molecule has 13 heavy (non-hydrogen) atoms. The third kappa shape index (κ3) is 13.1. The fraction of sp³-hybridized carbons (Fsp3) is 0.714. The number of hydrogen-bond donors (Lipinski definition) is 0. The van der Waals surface area contributed by atoms with Gasteiger partial charge in [-0.1, -0.05) is 6.08 Å². The molecule has 0 saturated carbocycles. The fourth-order valence-electron chi connectivity index (χ4n) is 0.552. The van der Waals surface area contributed by atoms with Crippen LogP contribution >= 0.6 is 0 Å². The second-order valence-corrected chi connectivity index (χ2v) is 3.89. The molecule has 0 amide bonds. The summed E-state index contributed by atoms with van der Waals surface area (Å²) in [6.07, 6.45) is 2.02. The summed E-state index contributed by atoms with van der Waals surface area (Å²) < 4.78 is 35.4. The summed E-state index contributed by atoms with van der Waals surface area (Å²) in [5, 5.41) is 0. The van der Waals surface area contributed by atoms with Crippen LogP contribution in [0.1, 0.15) is 20.3 Å². The van der Waals surface area contributed by atoms with Crippen LogP contribution in [0, 0.1) is 0 Å². The summed E-state index contributed by atoms with van der Waals surface area (Å²) in [5.41, 5.74) is 0. The first kappa shape index (κ1) is 16.5. The number of ether oxygens (including phenoxy) is 1. The molecule has 0 aromatic rings. The van der Waals surface area contributed by atoms with Gasteiger partial charge in [-0.15, -0.1) is 0 Å². The minimum atomic E-state index is -4.08. The van der Waals surface area contributed by atoms with Crippen molar-refractivity contribution >= 4 is 10.1 Å². The second-order valence-electron chi connectivity index (χ2n) is 2.36. The largest absolute Gasteiger partial charge is 1.00 e. The first-order chi connectivity index (χ1) is 5.45. The van der Waals surface area contributed by atoms with E-state index in [2.05, 4.69) is 0 Å². The maximum atomic E-state index is 10.1. The van der Waals surface area contributed by atoms with Crippen molar-refractivity contribution in [2.24, 2.45) is 0 Å². The molecule has 0 aromatic carbocycles. The Morgan fingerprint density at radius 3 is 2.46 bits per heavy atom. The summed E-state index contributed by atoms with van der Waals surface area (Å²) in [4.78, 5) is 0. The van der Waals surface area contributed by atoms with Crippen molar-refractivity contribution in [2.75, 3.05) is 12.4 Å². The fourth-order valence-corrected chi connectivity index (χ4v) is 1.02. The van der Waals surface area contributed by atoms with Gasteiger partial charge in [0.05, 0.1) is 22.5 Å². The van der Waals surface area contributed by atoms with Gasteiger partial charge in [0.15, 0.2) is 0 Å². The molecule has 0 aliphatic carbocycles. The minimum Gasteiger partial charge on any atom is -0.748 e. The van der Waals surface area contributed by atoms with Gasteiger partial charge in [0.1, 0.15) is 0 Å². The minimum absolute atomic E-state index is 0. The molecule has 0 rings (SSSR count). The van der Waals surface area contributed by atoms with Crippen molar-refractivity contribution in [2.45, 2.75) is 20.3 Å². The molecule has 72 valence electrons. The molecule has 0 aromatic heterocycles. The van der Waals surface area contributed by atoms with Gasteiger partial charge in [-0.05, 0) is 20.3 Å². The van der Waals surface area contributed by atoms with Gasteiger partial charge in [0.2, 0.25) is 0 Å². The Morgan fingerprint density at radius 2 is 2.08 bits per heavy atom. The van der Waals surface area contributed by atoms with E-state index in [0.29, 0.717) is 0 Å². The molecule has 0 aliphatic heterocycles. The Balaban J connectivity index is 0. The van der Waals surface area contributed by atoms with Crippen LogP contribution in [0.25, 0.3) is 0 Å². The predicted molar refractivity (Wildman–Crippen MR) is 44.6 cm³/mol. The van der Waals surface area contributed by atoms with Crippen molar-refractivity contribution in [3.8, 4) is 0 Å². The van der Waals surface area contributed by atoms with Gasteiger partial charge in [-0.2, -0.15) is 0 Å². The molecule has 4 nitrogen and oxygen atoms in total. The molecule has 6 heteroatoms. The average Bonchev–Trinajstić information content (AvgIpc) is 1.96. The Kier molecular flexibility index (Phi) is 10.7. The van der Waals surface area contributed by atoms with E-state index < -0.39 is 10.1 Å². The van der Waals surface area contributed by atoms with E-state index in [1.165, 1.54) is 0 Å². The van der Waals surface area contributed by atoms with Gasteiger partial charge < -0.3 is 9.29 Å². The van der Waals surface area contributed by atoms with Crippen LogP contribution in [0.15, 0.2) is 11.8 Å². The molecule has 0 aliphatic rings. The molecule has 0 unspecified atom stereocenters. The molecular formula is C7H13KO4S. The van der Waals surface area contributed by atoms with Crippen LogP contribution < -0.4 is 51.4 Å². The van der Waals surface area contributed by atoms with Crippen molar-refractivity contribution in [3.05, 3.63) is 11.8 Å². The van der Waals surface area contributed by atoms with E-state index in [4.69, 9.17) is 4.74 Å². The second kappa shape index (κ2) is 8.40. The van der Waals surface area contributed by atoms with Crippen LogP contribution in [0.3, 0.4) is 0 Å². The number of allylic oxidation sites excluding steroid dienone is 2. The molecule has 0 fully saturated rings.